The molecule has 11 rings (SSSR count). The Kier molecular flexibility index (Phi) is 7.19. The first-order valence-electron chi connectivity index (χ1n) is 18.9. The molecule has 0 radical (unpaired) electrons. The van der Waals surface area contributed by atoms with Crippen LogP contribution in [0.15, 0.2) is 212 Å². The number of hydrogen-bond donors (Lipinski definition) is 0. The third kappa shape index (κ3) is 4.65. The fourth-order valence-electron chi connectivity index (χ4n) is 9.18. The maximum absolute atomic E-state index is 5.49. The molecule has 0 saturated heterocycles. The number of hydrogen-bond acceptors (Lipinski definition) is 2. The zero-order valence-electron chi connectivity index (χ0n) is 30.0. The first kappa shape index (κ1) is 31.5. The van der Waals surface area contributed by atoms with Crippen molar-refractivity contribution < 1.29 is 0 Å². The SMILES string of the molecule is c1ccc(-n2c(-c3ccc(N4c5ccccc5[Si](c5ccccc5)(c5ccccc5)c5ccccc54)cc3)nc3c4ccccc4c4ccccc4c32)cc1. The zero-order valence-corrected chi connectivity index (χ0v) is 31.0. The van der Waals surface area contributed by atoms with Crippen LogP contribution in [-0.2, 0) is 0 Å². The molecule has 258 valence electrons. The van der Waals surface area contributed by atoms with Crippen LogP contribution in [0.4, 0.5) is 17.1 Å². The van der Waals surface area contributed by atoms with Gasteiger partial charge in [-0.3, -0.25) is 4.57 Å². The highest BCUT2D eigenvalue weighted by Crippen LogP contribution is 2.41. The topological polar surface area (TPSA) is 21.1 Å². The molecule has 0 saturated carbocycles. The highest BCUT2D eigenvalue weighted by molar-refractivity contribution is 7.21. The van der Waals surface area contributed by atoms with E-state index in [2.05, 4.69) is 222 Å². The third-order valence-electron chi connectivity index (χ3n) is 11.4. The van der Waals surface area contributed by atoms with Crippen LogP contribution in [0.2, 0.25) is 0 Å². The van der Waals surface area contributed by atoms with Crippen molar-refractivity contribution in [3.63, 3.8) is 0 Å². The summed E-state index contributed by atoms with van der Waals surface area (Å²) in [6, 6.07) is 77.6. The number of imidazole rings is 1. The highest BCUT2D eigenvalue weighted by Gasteiger charge is 2.48. The molecule has 0 bridgehead atoms. The summed E-state index contributed by atoms with van der Waals surface area (Å²) in [6.45, 7) is 0. The van der Waals surface area contributed by atoms with Crippen molar-refractivity contribution in [3.05, 3.63) is 212 Å². The summed E-state index contributed by atoms with van der Waals surface area (Å²) < 4.78 is 2.35. The molecule has 0 aliphatic carbocycles. The Balaban J connectivity index is 1.13. The van der Waals surface area contributed by atoms with Crippen LogP contribution < -0.4 is 25.6 Å². The smallest absolute Gasteiger partial charge is 0.184 e. The maximum Gasteiger partial charge on any atom is 0.184 e. The fourth-order valence-corrected chi connectivity index (χ4v) is 14.3. The molecule has 3 nitrogen and oxygen atoms in total. The third-order valence-corrected chi connectivity index (χ3v) is 16.3. The van der Waals surface area contributed by atoms with Gasteiger partial charge in [0.25, 0.3) is 0 Å². The summed E-state index contributed by atoms with van der Waals surface area (Å²) in [5.74, 6) is 0.924. The summed E-state index contributed by atoms with van der Waals surface area (Å²) >= 11 is 0. The number of aromatic nitrogens is 2. The van der Waals surface area contributed by atoms with Crippen LogP contribution in [0.1, 0.15) is 0 Å². The Labute approximate surface area is 321 Å². The molecule has 0 N–H and O–H groups in total. The van der Waals surface area contributed by atoms with Crippen molar-refractivity contribution >= 4 is 78.5 Å². The second-order valence-electron chi connectivity index (χ2n) is 14.3. The van der Waals surface area contributed by atoms with E-state index in [1.165, 1.54) is 48.3 Å². The Morgan fingerprint density at radius 2 is 0.818 bits per heavy atom. The van der Waals surface area contributed by atoms with E-state index in [9.17, 15) is 0 Å². The van der Waals surface area contributed by atoms with E-state index in [0.29, 0.717) is 0 Å². The van der Waals surface area contributed by atoms with Crippen molar-refractivity contribution in [2.24, 2.45) is 0 Å². The van der Waals surface area contributed by atoms with Crippen molar-refractivity contribution in [3.8, 4) is 17.1 Å². The van der Waals surface area contributed by atoms with E-state index in [4.69, 9.17) is 4.98 Å². The molecule has 1 aliphatic rings. The largest absolute Gasteiger partial charge is 0.311 e. The minimum atomic E-state index is -2.68. The molecule has 4 heteroatoms. The van der Waals surface area contributed by atoms with Crippen LogP contribution >= 0.6 is 0 Å². The Morgan fingerprint density at radius 3 is 1.40 bits per heavy atom. The zero-order chi connectivity index (χ0) is 36.3. The van der Waals surface area contributed by atoms with E-state index in [1.54, 1.807) is 0 Å². The van der Waals surface area contributed by atoms with Gasteiger partial charge in [-0.25, -0.2) is 4.98 Å². The van der Waals surface area contributed by atoms with Crippen LogP contribution in [0.25, 0.3) is 49.7 Å². The van der Waals surface area contributed by atoms with E-state index in [0.717, 1.165) is 39.2 Å². The molecular formula is C51H35N3Si. The monoisotopic (exact) mass is 717 g/mol. The number of anilines is 3. The summed E-state index contributed by atoms with van der Waals surface area (Å²) in [7, 11) is -2.68. The predicted octanol–water partition coefficient (Wildman–Crippen LogP) is 10.2. The van der Waals surface area contributed by atoms with Crippen LogP contribution in [0.5, 0.6) is 0 Å². The van der Waals surface area contributed by atoms with Gasteiger partial charge in [-0.05, 0) is 80.1 Å². The van der Waals surface area contributed by atoms with E-state index in [-0.39, 0.29) is 0 Å². The average molecular weight is 718 g/mol. The van der Waals surface area contributed by atoms with Gasteiger partial charge < -0.3 is 4.90 Å². The first-order chi connectivity index (χ1) is 27.3. The quantitative estimate of drug-likeness (QED) is 0.131. The van der Waals surface area contributed by atoms with Crippen LogP contribution in [0, 0.1) is 0 Å². The summed E-state index contributed by atoms with van der Waals surface area (Å²) in [6.07, 6.45) is 0. The van der Waals surface area contributed by atoms with E-state index >= 15 is 0 Å². The van der Waals surface area contributed by atoms with Gasteiger partial charge >= 0.3 is 0 Å². The predicted molar refractivity (Wildman–Crippen MR) is 233 cm³/mol. The molecule has 0 amide bonds. The second kappa shape index (κ2) is 12.5. The Bertz CT molecular complexity index is 2940. The fraction of sp³-hybridized carbons (Fsp3) is 0. The number of nitrogens with zero attached hydrogens (tertiary/aromatic N) is 3. The Hall–Kier alpha value is -7.01. The lowest BCUT2D eigenvalue weighted by Gasteiger charge is -2.45. The normalized spacial score (nSPS) is 13.2. The lowest BCUT2D eigenvalue weighted by Crippen LogP contribution is -2.77. The Morgan fingerprint density at radius 1 is 0.364 bits per heavy atom. The molecule has 55 heavy (non-hydrogen) atoms. The van der Waals surface area contributed by atoms with Crippen molar-refractivity contribution in [2.75, 3.05) is 4.90 Å². The van der Waals surface area contributed by atoms with Gasteiger partial charge in [0.2, 0.25) is 0 Å². The minimum Gasteiger partial charge on any atom is -0.311 e. The molecule has 0 fully saturated rings. The molecule has 2 heterocycles. The molecule has 0 atom stereocenters. The summed E-state index contributed by atoms with van der Waals surface area (Å²) in [5, 5.41) is 10.4. The van der Waals surface area contributed by atoms with Crippen molar-refractivity contribution in [2.45, 2.75) is 0 Å². The molecule has 0 unspecified atom stereocenters. The van der Waals surface area contributed by atoms with Gasteiger partial charge in [0.15, 0.2) is 8.07 Å². The van der Waals surface area contributed by atoms with Gasteiger partial charge in [0.1, 0.15) is 5.82 Å². The van der Waals surface area contributed by atoms with Gasteiger partial charge in [-0.1, -0.05) is 164 Å². The number of benzene rings is 9. The molecule has 0 spiro atoms. The van der Waals surface area contributed by atoms with Gasteiger partial charge in [0.05, 0.1) is 11.0 Å². The lowest BCUT2D eigenvalue weighted by molar-refractivity contribution is 1.11. The highest BCUT2D eigenvalue weighted by atomic mass is 28.3. The maximum atomic E-state index is 5.49. The van der Waals surface area contributed by atoms with Crippen molar-refractivity contribution in [1.29, 1.82) is 0 Å². The molecule has 1 aromatic heterocycles. The second-order valence-corrected chi connectivity index (χ2v) is 18.0. The molecular weight excluding hydrogens is 683 g/mol. The summed E-state index contributed by atoms with van der Waals surface area (Å²) in [5.41, 5.74) is 7.86. The van der Waals surface area contributed by atoms with Crippen LogP contribution in [-0.4, -0.2) is 17.6 Å². The van der Waals surface area contributed by atoms with Gasteiger partial charge in [-0.2, -0.15) is 0 Å². The van der Waals surface area contributed by atoms with Gasteiger partial charge in [0, 0.05) is 39.1 Å². The minimum absolute atomic E-state index is 0.924. The summed E-state index contributed by atoms with van der Waals surface area (Å²) in [4.78, 5) is 7.96. The molecule has 9 aromatic carbocycles. The number of fused-ring (bicyclic) bond motifs is 8. The molecule has 10 aromatic rings. The van der Waals surface area contributed by atoms with Crippen molar-refractivity contribution in [1.82, 2.24) is 9.55 Å². The number of rotatable bonds is 5. The standard InChI is InChI=1S/C51H35N3Si/c1-4-18-37(19-5-1)54-50-44-27-13-11-25-42(44)41-24-10-12-26-43(41)49(50)52-51(54)36-32-34-38(35-33-36)53-45-28-14-16-30-47(45)55(39-20-6-2-7-21-39,40-22-8-3-9-23-40)48-31-17-15-29-46(48)53/h1-35H. The average Bonchev–Trinajstić information content (AvgIpc) is 3.68. The first-order valence-corrected chi connectivity index (χ1v) is 20.9. The number of para-hydroxylation sites is 3. The van der Waals surface area contributed by atoms with E-state index < -0.39 is 8.07 Å². The molecule has 1 aliphatic heterocycles. The lowest BCUT2D eigenvalue weighted by atomic mass is 10.00. The van der Waals surface area contributed by atoms with Gasteiger partial charge in [-0.15, -0.1) is 0 Å². The van der Waals surface area contributed by atoms with Crippen LogP contribution in [0.3, 0.4) is 0 Å². The van der Waals surface area contributed by atoms with E-state index in [1.807, 2.05) is 0 Å².